The number of hydrogen-bond donors (Lipinski definition) is 2. The zero-order valence-electron chi connectivity index (χ0n) is 13.9. The largest absolute Gasteiger partial charge is 0.333 e. The Morgan fingerprint density at radius 1 is 1.00 bits per heavy atom. The summed E-state index contributed by atoms with van der Waals surface area (Å²) in [6.07, 6.45) is 0. The van der Waals surface area contributed by atoms with E-state index in [1.54, 1.807) is 5.80 Å². The number of rotatable bonds is 7. The molecule has 0 unspecified atom stereocenters. The molecule has 2 aromatic rings. The molecule has 0 atom stereocenters. The van der Waals surface area contributed by atoms with Crippen molar-refractivity contribution >= 4 is 19.1 Å². The summed E-state index contributed by atoms with van der Waals surface area (Å²) in [6, 6.07) is 17.3. The van der Waals surface area contributed by atoms with Crippen LogP contribution in [0.25, 0.3) is 0 Å². The van der Waals surface area contributed by atoms with Gasteiger partial charge in [-0.25, -0.2) is 0 Å². The Labute approximate surface area is 143 Å². The highest BCUT2D eigenvalue weighted by Crippen LogP contribution is 2.45. The molecule has 0 aromatic heterocycles. The lowest BCUT2D eigenvalue weighted by Crippen LogP contribution is -2.06. The Bertz CT molecular complexity index is 718. The Morgan fingerprint density at radius 3 is 2.04 bits per heavy atom. The fourth-order valence-electron chi connectivity index (χ4n) is 2.31. The van der Waals surface area contributed by atoms with Gasteiger partial charge >= 0.3 is 0 Å². The van der Waals surface area contributed by atoms with Crippen molar-refractivity contribution in [3.05, 3.63) is 71.3 Å². The minimum absolute atomic E-state index is 0.386. The number of nitrogens with two attached hydrogens (primary N) is 1. The van der Waals surface area contributed by atoms with Gasteiger partial charge in [0.15, 0.2) is 0 Å². The minimum Gasteiger partial charge on any atom is -0.333 e. The van der Waals surface area contributed by atoms with Gasteiger partial charge in [0.05, 0.1) is 18.9 Å². The van der Waals surface area contributed by atoms with Crippen molar-refractivity contribution in [1.29, 1.82) is 0 Å². The summed E-state index contributed by atoms with van der Waals surface area (Å²) in [5.74, 6) is 7.21. The van der Waals surface area contributed by atoms with Crippen LogP contribution in [0.5, 0.6) is 0 Å². The molecule has 0 bridgehead atoms. The highest BCUT2D eigenvalue weighted by molar-refractivity contribution is 7.60. The molecule has 0 saturated heterocycles. The van der Waals surface area contributed by atoms with Gasteiger partial charge in [-0.1, -0.05) is 54.6 Å². The van der Waals surface area contributed by atoms with E-state index in [4.69, 9.17) is 14.9 Å². The third-order valence-corrected chi connectivity index (χ3v) is 5.18. The topological polar surface area (TPSA) is 77.1 Å². The lowest BCUT2D eigenvalue weighted by Gasteiger charge is -2.18. The predicted octanol–water partition coefficient (Wildman–Crippen LogP) is 3.38. The van der Waals surface area contributed by atoms with E-state index in [1.807, 2.05) is 68.4 Å². The van der Waals surface area contributed by atoms with E-state index in [2.05, 4.69) is 5.10 Å². The summed E-state index contributed by atoms with van der Waals surface area (Å²) in [6.45, 7) is 4.42. The SMILES string of the molecule is CCOP(O)(=Cc1ccc(/C(=N/N)c2ccccc2)cc1)OCC. The van der Waals surface area contributed by atoms with Crippen LogP contribution < -0.4 is 5.84 Å². The van der Waals surface area contributed by atoms with Gasteiger partial charge < -0.3 is 19.8 Å². The fraction of sp³-hybridized carbons (Fsp3) is 0.222. The van der Waals surface area contributed by atoms with Crippen LogP contribution in [0, 0.1) is 0 Å². The van der Waals surface area contributed by atoms with Gasteiger partial charge in [-0.15, -0.1) is 0 Å². The van der Waals surface area contributed by atoms with Crippen molar-refractivity contribution in [2.75, 3.05) is 13.2 Å². The lowest BCUT2D eigenvalue weighted by molar-refractivity contribution is 0.210. The molecule has 0 aliphatic heterocycles. The average Bonchev–Trinajstić information content (AvgIpc) is 2.58. The molecule has 3 N–H and O–H groups in total. The Hall–Kier alpha value is -1.91. The molecule has 6 heteroatoms. The van der Waals surface area contributed by atoms with Crippen LogP contribution in [-0.2, 0) is 9.05 Å². The van der Waals surface area contributed by atoms with Gasteiger partial charge in [0, 0.05) is 16.9 Å². The van der Waals surface area contributed by atoms with E-state index in [0.29, 0.717) is 18.9 Å². The second-order valence-corrected chi connectivity index (χ2v) is 6.90. The number of hydrazone groups is 1. The average molecular weight is 346 g/mol. The van der Waals surface area contributed by atoms with Crippen molar-refractivity contribution < 1.29 is 13.9 Å². The number of benzene rings is 2. The number of nitrogens with zero attached hydrogens (tertiary/aromatic N) is 1. The van der Waals surface area contributed by atoms with Gasteiger partial charge in [0.25, 0.3) is 7.57 Å². The highest BCUT2D eigenvalue weighted by Gasteiger charge is 2.14. The molecule has 0 heterocycles. The normalized spacial score (nSPS) is 12.2. The molecule has 0 aliphatic carbocycles. The first-order valence-electron chi connectivity index (χ1n) is 7.82. The summed E-state index contributed by atoms with van der Waals surface area (Å²) in [5, 5.41) is 3.91. The zero-order valence-corrected chi connectivity index (χ0v) is 14.8. The van der Waals surface area contributed by atoms with Crippen molar-refractivity contribution in [2.24, 2.45) is 10.9 Å². The summed E-state index contributed by atoms with van der Waals surface area (Å²) < 4.78 is 10.8. The van der Waals surface area contributed by atoms with E-state index in [1.165, 1.54) is 0 Å². The van der Waals surface area contributed by atoms with E-state index in [9.17, 15) is 4.89 Å². The standard InChI is InChI=1S/C18H23N2O3P/c1-3-22-24(21,23-4-2)14-15-10-12-17(13-11-15)18(20-19)16-8-6-5-7-9-16/h5-14,21H,3-4,19H2,1-2H3/b20-18+. The summed E-state index contributed by atoms with van der Waals surface area (Å²) >= 11 is 0. The van der Waals surface area contributed by atoms with E-state index < -0.39 is 7.57 Å². The maximum Gasteiger partial charge on any atom is 0.255 e. The van der Waals surface area contributed by atoms with Crippen LogP contribution in [-0.4, -0.2) is 29.6 Å². The third-order valence-electron chi connectivity index (χ3n) is 3.30. The molecule has 0 radical (unpaired) electrons. The van der Waals surface area contributed by atoms with Crippen LogP contribution in [0.15, 0.2) is 59.7 Å². The van der Waals surface area contributed by atoms with Crippen LogP contribution in [0.2, 0.25) is 0 Å². The molecule has 0 spiro atoms. The maximum absolute atomic E-state index is 10.4. The lowest BCUT2D eigenvalue weighted by atomic mass is 10.0. The van der Waals surface area contributed by atoms with Gasteiger partial charge in [-0.3, -0.25) is 0 Å². The molecular formula is C18H23N2O3P. The van der Waals surface area contributed by atoms with Crippen LogP contribution in [0.4, 0.5) is 0 Å². The van der Waals surface area contributed by atoms with Crippen molar-refractivity contribution in [2.45, 2.75) is 13.8 Å². The molecule has 0 fully saturated rings. The molecule has 24 heavy (non-hydrogen) atoms. The molecule has 0 amide bonds. The first-order chi connectivity index (χ1) is 11.6. The molecule has 0 aliphatic rings. The molecular weight excluding hydrogens is 323 g/mol. The predicted molar refractivity (Wildman–Crippen MR) is 100 cm³/mol. The monoisotopic (exact) mass is 346 g/mol. The van der Waals surface area contributed by atoms with E-state index in [0.717, 1.165) is 16.7 Å². The van der Waals surface area contributed by atoms with E-state index in [-0.39, 0.29) is 0 Å². The third kappa shape index (κ3) is 4.79. The minimum atomic E-state index is -2.97. The van der Waals surface area contributed by atoms with Crippen LogP contribution in [0.1, 0.15) is 30.5 Å². The van der Waals surface area contributed by atoms with Gasteiger partial charge in [-0.2, -0.15) is 5.10 Å². The van der Waals surface area contributed by atoms with Crippen LogP contribution >= 0.6 is 7.57 Å². The smallest absolute Gasteiger partial charge is 0.255 e. The zero-order chi connectivity index (χ0) is 17.4. The van der Waals surface area contributed by atoms with Gasteiger partial charge in [-0.05, 0) is 19.4 Å². The summed E-state index contributed by atoms with van der Waals surface area (Å²) in [4.78, 5) is 10.4. The van der Waals surface area contributed by atoms with Crippen molar-refractivity contribution in [1.82, 2.24) is 0 Å². The first kappa shape index (κ1) is 18.4. The Morgan fingerprint density at radius 2 is 1.54 bits per heavy atom. The summed E-state index contributed by atoms with van der Waals surface area (Å²) in [7, 11) is -2.97. The molecule has 128 valence electrons. The number of hydrogen-bond acceptors (Lipinski definition) is 5. The Balaban J connectivity index is 2.30. The quantitative estimate of drug-likeness (QED) is 0.349. The van der Waals surface area contributed by atoms with E-state index >= 15 is 0 Å². The Kier molecular flexibility index (Phi) is 6.76. The first-order valence-corrected chi connectivity index (χ1v) is 9.46. The van der Waals surface area contributed by atoms with Crippen molar-refractivity contribution in [3.63, 3.8) is 0 Å². The van der Waals surface area contributed by atoms with Gasteiger partial charge in [0.2, 0.25) is 0 Å². The molecule has 2 aromatic carbocycles. The van der Waals surface area contributed by atoms with Gasteiger partial charge in [0.1, 0.15) is 0 Å². The van der Waals surface area contributed by atoms with Crippen LogP contribution in [0.3, 0.4) is 0 Å². The summed E-state index contributed by atoms with van der Waals surface area (Å²) in [5.41, 5.74) is 3.38. The molecule has 5 nitrogen and oxygen atoms in total. The maximum atomic E-state index is 10.4. The second-order valence-electron chi connectivity index (χ2n) is 4.99. The van der Waals surface area contributed by atoms with Crippen molar-refractivity contribution in [3.8, 4) is 0 Å². The molecule has 0 saturated carbocycles. The second kappa shape index (κ2) is 8.81. The highest BCUT2D eigenvalue weighted by atomic mass is 31.2. The fourth-order valence-corrected chi connectivity index (χ4v) is 3.82. The molecule has 2 rings (SSSR count).